The van der Waals surface area contributed by atoms with E-state index in [0.717, 1.165) is 33.6 Å². The molecule has 5 heteroatoms. The zero-order valence-electron chi connectivity index (χ0n) is 13.6. The SMILES string of the molecule is O=C(N1CCC[C@@H]2c3cc(-c4ccccc4)ccc3C[C@@H]21)C(F)(F)F. The average molecular weight is 345 g/mol. The zero-order valence-corrected chi connectivity index (χ0v) is 13.6. The second-order valence-corrected chi connectivity index (χ2v) is 6.80. The summed E-state index contributed by atoms with van der Waals surface area (Å²) in [4.78, 5) is 12.9. The Morgan fingerprint density at radius 3 is 2.52 bits per heavy atom. The van der Waals surface area contributed by atoms with Crippen molar-refractivity contribution in [1.82, 2.24) is 4.90 Å². The van der Waals surface area contributed by atoms with Crippen LogP contribution in [0.1, 0.15) is 29.9 Å². The molecule has 4 rings (SSSR count). The van der Waals surface area contributed by atoms with E-state index in [4.69, 9.17) is 0 Å². The predicted molar refractivity (Wildman–Crippen MR) is 89.1 cm³/mol. The number of fused-ring (bicyclic) bond motifs is 3. The highest BCUT2D eigenvalue weighted by Gasteiger charge is 2.49. The van der Waals surface area contributed by atoms with E-state index in [2.05, 4.69) is 6.07 Å². The van der Waals surface area contributed by atoms with Gasteiger partial charge < -0.3 is 4.90 Å². The van der Waals surface area contributed by atoms with Crippen LogP contribution in [0.4, 0.5) is 13.2 Å². The molecule has 2 aromatic rings. The molecule has 2 aromatic carbocycles. The van der Waals surface area contributed by atoms with E-state index in [1.807, 2.05) is 42.5 Å². The molecule has 2 aliphatic rings. The molecule has 2 atom stereocenters. The molecule has 0 unspecified atom stereocenters. The quantitative estimate of drug-likeness (QED) is 0.743. The van der Waals surface area contributed by atoms with Gasteiger partial charge in [0.15, 0.2) is 0 Å². The standard InChI is InChI=1S/C20H18F3NO/c21-20(22,23)19(25)24-10-4-7-16-17-11-14(13-5-2-1-3-6-13)8-9-15(17)12-18(16)24/h1-3,5-6,8-9,11,16,18H,4,7,10,12H2/t16-,18+/m1/s1. The van der Waals surface area contributed by atoms with Gasteiger partial charge in [-0.2, -0.15) is 13.2 Å². The molecule has 130 valence electrons. The van der Waals surface area contributed by atoms with E-state index in [1.54, 1.807) is 0 Å². The van der Waals surface area contributed by atoms with Crippen molar-refractivity contribution in [2.45, 2.75) is 37.4 Å². The Bertz CT molecular complexity index is 800. The summed E-state index contributed by atoms with van der Waals surface area (Å²) in [5.74, 6) is -1.70. The number of benzene rings is 2. The number of hydrogen-bond donors (Lipinski definition) is 0. The Labute approximate surface area is 144 Å². The van der Waals surface area contributed by atoms with Crippen LogP contribution in [0.5, 0.6) is 0 Å². The third-order valence-corrected chi connectivity index (χ3v) is 5.36. The van der Waals surface area contributed by atoms with Gasteiger partial charge in [-0.3, -0.25) is 4.79 Å². The molecule has 1 heterocycles. The molecular formula is C20H18F3NO. The van der Waals surface area contributed by atoms with Crippen molar-refractivity contribution in [3.8, 4) is 11.1 Å². The highest BCUT2D eigenvalue weighted by molar-refractivity contribution is 5.82. The highest BCUT2D eigenvalue weighted by atomic mass is 19.4. The van der Waals surface area contributed by atoms with Crippen LogP contribution in [0.3, 0.4) is 0 Å². The highest BCUT2D eigenvalue weighted by Crippen LogP contribution is 2.44. The molecule has 0 N–H and O–H groups in total. The van der Waals surface area contributed by atoms with Gasteiger partial charge in [-0.25, -0.2) is 0 Å². The van der Waals surface area contributed by atoms with Crippen LogP contribution in [-0.4, -0.2) is 29.6 Å². The molecule has 0 saturated carbocycles. The summed E-state index contributed by atoms with van der Waals surface area (Å²) in [7, 11) is 0. The number of carbonyl (C=O) groups is 1. The van der Waals surface area contributed by atoms with E-state index in [1.165, 1.54) is 0 Å². The Balaban J connectivity index is 1.67. The molecule has 1 aliphatic carbocycles. The van der Waals surface area contributed by atoms with E-state index >= 15 is 0 Å². The predicted octanol–water partition coefficient (Wildman–Crippen LogP) is 4.55. The molecule has 1 amide bonds. The molecule has 1 saturated heterocycles. The first-order chi connectivity index (χ1) is 11.9. The lowest BCUT2D eigenvalue weighted by molar-refractivity contribution is -0.189. The molecule has 2 nitrogen and oxygen atoms in total. The average Bonchev–Trinajstić information content (AvgIpc) is 2.99. The summed E-state index contributed by atoms with van der Waals surface area (Å²) in [6, 6.07) is 15.7. The van der Waals surface area contributed by atoms with Crippen molar-refractivity contribution in [2.24, 2.45) is 0 Å². The smallest absolute Gasteiger partial charge is 0.331 e. The second-order valence-electron chi connectivity index (χ2n) is 6.80. The number of carbonyl (C=O) groups excluding carboxylic acids is 1. The lowest BCUT2D eigenvalue weighted by Gasteiger charge is -2.38. The van der Waals surface area contributed by atoms with Crippen molar-refractivity contribution < 1.29 is 18.0 Å². The fraction of sp³-hybridized carbons (Fsp3) is 0.350. The van der Waals surface area contributed by atoms with Crippen LogP contribution in [0.15, 0.2) is 48.5 Å². The molecular weight excluding hydrogens is 327 g/mol. The number of halogens is 3. The van der Waals surface area contributed by atoms with Crippen LogP contribution in [0.25, 0.3) is 11.1 Å². The zero-order chi connectivity index (χ0) is 17.6. The van der Waals surface area contributed by atoms with Crippen LogP contribution in [-0.2, 0) is 11.2 Å². The minimum Gasteiger partial charge on any atom is -0.331 e. The number of likely N-dealkylation sites (tertiary alicyclic amines) is 1. The van der Waals surface area contributed by atoms with E-state index in [0.29, 0.717) is 12.8 Å². The summed E-state index contributed by atoms with van der Waals surface area (Å²) in [6.45, 7) is 0.193. The van der Waals surface area contributed by atoms with Gasteiger partial charge in [0.25, 0.3) is 0 Å². The molecule has 1 fully saturated rings. The largest absolute Gasteiger partial charge is 0.471 e. The van der Waals surface area contributed by atoms with Gasteiger partial charge in [-0.05, 0) is 41.5 Å². The van der Waals surface area contributed by atoms with E-state index in [-0.39, 0.29) is 18.5 Å². The Hall–Kier alpha value is -2.30. The van der Waals surface area contributed by atoms with Crippen molar-refractivity contribution in [3.05, 3.63) is 59.7 Å². The van der Waals surface area contributed by atoms with Crippen LogP contribution >= 0.6 is 0 Å². The van der Waals surface area contributed by atoms with Crippen LogP contribution in [0, 0.1) is 0 Å². The maximum Gasteiger partial charge on any atom is 0.471 e. The Kier molecular flexibility index (Phi) is 3.82. The van der Waals surface area contributed by atoms with Crippen LogP contribution in [0.2, 0.25) is 0 Å². The van der Waals surface area contributed by atoms with Gasteiger partial charge in [0, 0.05) is 18.5 Å². The maximum absolute atomic E-state index is 12.9. The second kappa shape index (κ2) is 5.90. The summed E-state index contributed by atoms with van der Waals surface area (Å²) in [5.41, 5.74) is 4.33. The first-order valence-corrected chi connectivity index (χ1v) is 8.51. The molecule has 0 aromatic heterocycles. The lowest BCUT2D eigenvalue weighted by atomic mass is 9.87. The minimum atomic E-state index is -4.80. The molecule has 0 radical (unpaired) electrons. The third kappa shape index (κ3) is 2.81. The first kappa shape index (κ1) is 16.2. The fourth-order valence-electron chi connectivity index (χ4n) is 4.25. The van der Waals surface area contributed by atoms with Gasteiger partial charge in [-0.1, -0.05) is 48.5 Å². The van der Waals surface area contributed by atoms with Gasteiger partial charge in [0.1, 0.15) is 0 Å². The number of amides is 1. The summed E-state index contributed by atoms with van der Waals surface area (Å²) >= 11 is 0. The van der Waals surface area contributed by atoms with Crippen molar-refractivity contribution in [2.75, 3.05) is 6.54 Å². The fourth-order valence-corrected chi connectivity index (χ4v) is 4.25. The first-order valence-electron chi connectivity index (χ1n) is 8.51. The molecule has 0 bridgehead atoms. The van der Waals surface area contributed by atoms with Crippen molar-refractivity contribution in [1.29, 1.82) is 0 Å². The Morgan fingerprint density at radius 2 is 1.80 bits per heavy atom. The van der Waals surface area contributed by atoms with Gasteiger partial charge in [-0.15, -0.1) is 0 Å². The summed E-state index contributed by atoms with van der Waals surface area (Å²) < 4.78 is 38.7. The van der Waals surface area contributed by atoms with E-state index < -0.39 is 12.1 Å². The van der Waals surface area contributed by atoms with Crippen LogP contribution < -0.4 is 0 Å². The van der Waals surface area contributed by atoms with Gasteiger partial charge in [0.2, 0.25) is 0 Å². The number of alkyl halides is 3. The van der Waals surface area contributed by atoms with Gasteiger partial charge in [0.05, 0.1) is 0 Å². The number of hydrogen-bond acceptors (Lipinski definition) is 1. The monoisotopic (exact) mass is 345 g/mol. The maximum atomic E-state index is 12.9. The topological polar surface area (TPSA) is 20.3 Å². The molecule has 1 aliphatic heterocycles. The minimum absolute atomic E-state index is 0.00119. The molecule has 0 spiro atoms. The normalized spacial score (nSPS) is 22.4. The molecule has 25 heavy (non-hydrogen) atoms. The number of piperidine rings is 1. The number of rotatable bonds is 1. The lowest BCUT2D eigenvalue weighted by Crippen LogP contribution is -2.51. The Morgan fingerprint density at radius 1 is 1.04 bits per heavy atom. The van der Waals surface area contributed by atoms with Crippen molar-refractivity contribution >= 4 is 5.91 Å². The van der Waals surface area contributed by atoms with Gasteiger partial charge >= 0.3 is 12.1 Å². The number of nitrogens with zero attached hydrogens (tertiary/aromatic N) is 1. The van der Waals surface area contributed by atoms with E-state index in [9.17, 15) is 18.0 Å². The van der Waals surface area contributed by atoms with Crippen molar-refractivity contribution in [3.63, 3.8) is 0 Å². The summed E-state index contributed by atoms with van der Waals surface area (Å²) in [6.07, 6.45) is -2.85. The third-order valence-electron chi connectivity index (χ3n) is 5.36. The summed E-state index contributed by atoms with van der Waals surface area (Å²) in [5, 5.41) is 0.